The largest absolute Gasteiger partial charge is 0.354 e. The number of benzene rings is 1. The van der Waals surface area contributed by atoms with Gasteiger partial charge in [0.2, 0.25) is 5.95 Å². The predicted octanol–water partition coefficient (Wildman–Crippen LogP) is 2.07. The zero-order valence-electron chi connectivity index (χ0n) is 9.27. The molecule has 0 saturated carbocycles. The van der Waals surface area contributed by atoms with Crippen molar-refractivity contribution >= 4 is 5.95 Å². The molecule has 0 unspecified atom stereocenters. The van der Waals surface area contributed by atoms with E-state index in [1.54, 1.807) is 0 Å². The number of hydrogen-bond donors (Lipinski definition) is 1. The standard InChI is InChI=1S/C12H14N4/c1-9-5-2-3-6-10(9)11-14-15-12-13-7-4-8-16(11)12/h2-3,5-6H,4,7-8H2,1H3,(H,13,15). The van der Waals surface area contributed by atoms with E-state index in [-0.39, 0.29) is 0 Å². The van der Waals surface area contributed by atoms with Crippen molar-refractivity contribution in [2.75, 3.05) is 11.9 Å². The summed E-state index contributed by atoms with van der Waals surface area (Å²) < 4.78 is 2.16. The molecule has 4 nitrogen and oxygen atoms in total. The lowest BCUT2D eigenvalue weighted by Crippen LogP contribution is -2.17. The van der Waals surface area contributed by atoms with Gasteiger partial charge in [0.1, 0.15) is 0 Å². The minimum absolute atomic E-state index is 0.893. The molecule has 0 atom stereocenters. The second kappa shape index (κ2) is 3.63. The van der Waals surface area contributed by atoms with Crippen LogP contribution in [0.4, 0.5) is 5.95 Å². The van der Waals surface area contributed by atoms with Crippen LogP contribution in [0.1, 0.15) is 12.0 Å². The van der Waals surface area contributed by atoms with E-state index < -0.39 is 0 Å². The fourth-order valence-electron chi connectivity index (χ4n) is 2.11. The Morgan fingerprint density at radius 2 is 2.12 bits per heavy atom. The molecule has 0 saturated heterocycles. The third-order valence-corrected chi connectivity index (χ3v) is 2.98. The van der Waals surface area contributed by atoms with Gasteiger partial charge in [-0.25, -0.2) is 0 Å². The van der Waals surface area contributed by atoms with Gasteiger partial charge in [0.15, 0.2) is 5.82 Å². The first-order chi connectivity index (χ1) is 7.86. The first kappa shape index (κ1) is 9.39. The fraction of sp³-hybridized carbons (Fsp3) is 0.333. The highest BCUT2D eigenvalue weighted by atomic mass is 15.4. The molecular weight excluding hydrogens is 200 g/mol. The van der Waals surface area contributed by atoms with E-state index in [4.69, 9.17) is 0 Å². The number of nitrogens with one attached hydrogen (secondary N) is 1. The van der Waals surface area contributed by atoms with Crippen molar-refractivity contribution in [2.24, 2.45) is 0 Å². The molecule has 4 heteroatoms. The summed E-state index contributed by atoms with van der Waals surface area (Å²) in [5.74, 6) is 1.87. The highest BCUT2D eigenvalue weighted by Crippen LogP contribution is 2.25. The molecule has 1 aliphatic heterocycles. The SMILES string of the molecule is Cc1ccccc1-c1nnc2n1CCCN2. The number of anilines is 1. The highest BCUT2D eigenvalue weighted by molar-refractivity contribution is 5.61. The Hall–Kier alpha value is -1.84. The third-order valence-electron chi connectivity index (χ3n) is 2.98. The summed E-state index contributed by atoms with van der Waals surface area (Å²) in [4.78, 5) is 0. The lowest BCUT2D eigenvalue weighted by atomic mass is 10.1. The Kier molecular flexibility index (Phi) is 2.13. The molecule has 82 valence electrons. The third kappa shape index (κ3) is 1.38. The second-order valence-corrected chi connectivity index (χ2v) is 4.09. The normalized spacial score (nSPS) is 14.3. The lowest BCUT2D eigenvalue weighted by Gasteiger charge is -2.16. The Labute approximate surface area is 94.3 Å². The molecule has 0 amide bonds. The molecule has 1 aromatic carbocycles. The molecule has 1 aromatic heterocycles. The molecule has 0 bridgehead atoms. The maximum Gasteiger partial charge on any atom is 0.224 e. The quantitative estimate of drug-likeness (QED) is 0.790. The average molecular weight is 214 g/mol. The van der Waals surface area contributed by atoms with Crippen LogP contribution in [-0.2, 0) is 6.54 Å². The Bertz CT molecular complexity index is 515. The lowest BCUT2D eigenvalue weighted by molar-refractivity contribution is 0.631. The summed E-state index contributed by atoms with van der Waals surface area (Å²) in [7, 11) is 0. The summed E-state index contributed by atoms with van der Waals surface area (Å²) in [6.45, 7) is 4.10. The summed E-state index contributed by atoms with van der Waals surface area (Å²) in [6, 6.07) is 8.29. The summed E-state index contributed by atoms with van der Waals surface area (Å²) in [6.07, 6.45) is 1.13. The van der Waals surface area contributed by atoms with Gasteiger partial charge < -0.3 is 5.32 Å². The van der Waals surface area contributed by atoms with E-state index in [0.717, 1.165) is 31.3 Å². The van der Waals surface area contributed by atoms with Gasteiger partial charge in [-0.05, 0) is 18.9 Å². The van der Waals surface area contributed by atoms with E-state index in [9.17, 15) is 0 Å². The van der Waals surface area contributed by atoms with Crippen molar-refractivity contribution in [1.29, 1.82) is 0 Å². The number of nitrogens with zero attached hydrogens (tertiary/aromatic N) is 3. The highest BCUT2D eigenvalue weighted by Gasteiger charge is 2.17. The van der Waals surface area contributed by atoms with E-state index in [1.165, 1.54) is 11.1 Å². The van der Waals surface area contributed by atoms with Gasteiger partial charge in [-0.3, -0.25) is 4.57 Å². The topological polar surface area (TPSA) is 42.7 Å². The Balaban J connectivity index is 2.13. The molecule has 0 aliphatic carbocycles. The van der Waals surface area contributed by atoms with E-state index in [1.807, 2.05) is 12.1 Å². The first-order valence-corrected chi connectivity index (χ1v) is 5.59. The molecule has 0 radical (unpaired) electrons. The minimum atomic E-state index is 0.893. The monoisotopic (exact) mass is 214 g/mol. The van der Waals surface area contributed by atoms with Gasteiger partial charge in [-0.15, -0.1) is 10.2 Å². The van der Waals surface area contributed by atoms with Crippen LogP contribution in [0.15, 0.2) is 24.3 Å². The van der Waals surface area contributed by atoms with E-state index in [2.05, 4.69) is 39.1 Å². The maximum absolute atomic E-state index is 4.28. The van der Waals surface area contributed by atoms with Crippen molar-refractivity contribution in [1.82, 2.24) is 14.8 Å². The van der Waals surface area contributed by atoms with E-state index in [0.29, 0.717) is 0 Å². The fourth-order valence-corrected chi connectivity index (χ4v) is 2.11. The van der Waals surface area contributed by atoms with Crippen LogP contribution in [0, 0.1) is 6.92 Å². The summed E-state index contributed by atoms with van der Waals surface area (Å²) >= 11 is 0. The number of aromatic nitrogens is 3. The van der Waals surface area contributed by atoms with Crippen molar-refractivity contribution in [3.63, 3.8) is 0 Å². The average Bonchev–Trinajstić information content (AvgIpc) is 2.74. The zero-order valence-corrected chi connectivity index (χ0v) is 9.27. The molecule has 0 fully saturated rings. The Morgan fingerprint density at radius 3 is 3.00 bits per heavy atom. The van der Waals surface area contributed by atoms with Crippen molar-refractivity contribution < 1.29 is 0 Å². The van der Waals surface area contributed by atoms with Gasteiger partial charge in [-0.2, -0.15) is 0 Å². The molecule has 0 spiro atoms. The predicted molar refractivity (Wildman–Crippen MR) is 63.3 cm³/mol. The van der Waals surface area contributed by atoms with Crippen LogP contribution in [0.3, 0.4) is 0 Å². The molecule has 2 aromatic rings. The smallest absolute Gasteiger partial charge is 0.224 e. The Morgan fingerprint density at radius 1 is 1.25 bits per heavy atom. The van der Waals surface area contributed by atoms with Crippen LogP contribution in [0.2, 0.25) is 0 Å². The van der Waals surface area contributed by atoms with Crippen LogP contribution >= 0.6 is 0 Å². The molecule has 3 rings (SSSR count). The van der Waals surface area contributed by atoms with Gasteiger partial charge in [-0.1, -0.05) is 24.3 Å². The number of aryl methyl sites for hydroxylation is 1. The van der Waals surface area contributed by atoms with Crippen LogP contribution in [0.25, 0.3) is 11.4 Å². The minimum Gasteiger partial charge on any atom is -0.354 e. The van der Waals surface area contributed by atoms with E-state index >= 15 is 0 Å². The van der Waals surface area contributed by atoms with Gasteiger partial charge in [0.25, 0.3) is 0 Å². The van der Waals surface area contributed by atoms with Crippen LogP contribution in [0.5, 0.6) is 0 Å². The van der Waals surface area contributed by atoms with Crippen LogP contribution < -0.4 is 5.32 Å². The van der Waals surface area contributed by atoms with Gasteiger partial charge in [0.05, 0.1) is 0 Å². The van der Waals surface area contributed by atoms with Crippen LogP contribution in [-0.4, -0.2) is 21.3 Å². The van der Waals surface area contributed by atoms with Crippen molar-refractivity contribution in [2.45, 2.75) is 19.9 Å². The molecule has 1 aliphatic rings. The van der Waals surface area contributed by atoms with Gasteiger partial charge in [0, 0.05) is 18.7 Å². The molecule has 1 N–H and O–H groups in total. The summed E-state index contributed by atoms with van der Waals surface area (Å²) in [5.41, 5.74) is 2.41. The van der Waals surface area contributed by atoms with Crippen molar-refractivity contribution in [3.05, 3.63) is 29.8 Å². The molecular formula is C12H14N4. The summed E-state index contributed by atoms with van der Waals surface area (Å²) in [5, 5.41) is 11.7. The number of hydrogen-bond acceptors (Lipinski definition) is 3. The maximum atomic E-state index is 4.28. The zero-order chi connectivity index (χ0) is 11.0. The molecule has 2 heterocycles. The molecule has 16 heavy (non-hydrogen) atoms. The van der Waals surface area contributed by atoms with Crippen molar-refractivity contribution in [3.8, 4) is 11.4 Å². The number of rotatable bonds is 1. The number of fused-ring (bicyclic) bond motifs is 1. The first-order valence-electron chi connectivity index (χ1n) is 5.59. The second-order valence-electron chi connectivity index (χ2n) is 4.09. The van der Waals surface area contributed by atoms with Gasteiger partial charge >= 0.3 is 0 Å².